The van der Waals surface area contributed by atoms with Gasteiger partial charge in [-0.05, 0) is 25.9 Å². The Labute approximate surface area is 113 Å². The molecule has 1 aromatic heterocycles. The van der Waals surface area contributed by atoms with E-state index in [9.17, 15) is 4.79 Å². The summed E-state index contributed by atoms with van der Waals surface area (Å²) in [5.74, 6) is 0.741. The van der Waals surface area contributed by atoms with Crippen LogP contribution < -0.4 is 5.32 Å². The molecular weight excluding hydrogens is 244 g/mol. The lowest BCUT2D eigenvalue weighted by molar-refractivity contribution is -0.147. The van der Waals surface area contributed by atoms with Crippen LogP contribution >= 0.6 is 0 Å². The van der Waals surface area contributed by atoms with Crippen LogP contribution in [0.5, 0.6) is 0 Å². The number of hydrogen-bond donors (Lipinski definition) is 1. The van der Waals surface area contributed by atoms with Crippen molar-refractivity contribution in [1.82, 2.24) is 14.9 Å². The predicted molar refractivity (Wildman–Crippen MR) is 71.6 cm³/mol. The zero-order valence-corrected chi connectivity index (χ0v) is 11.4. The molecule has 0 aromatic carbocycles. The van der Waals surface area contributed by atoms with Crippen molar-refractivity contribution in [2.24, 2.45) is 5.92 Å². The Morgan fingerprint density at radius 2 is 2.16 bits per heavy atom. The van der Waals surface area contributed by atoms with Crippen molar-refractivity contribution in [2.45, 2.75) is 19.4 Å². The summed E-state index contributed by atoms with van der Waals surface area (Å²) in [6.07, 6.45) is 5.23. The molecule has 0 bridgehead atoms. The van der Waals surface area contributed by atoms with Crippen molar-refractivity contribution in [1.29, 1.82) is 0 Å². The molecule has 104 valence electrons. The summed E-state index contributed by atoms with van der Waals surface area (Å²) in [6.45, 7) is 2.58. The number of methoxy groups -OCH3 is 1. The van der Waals surface area contributed by atoms with Crippen molar-refractivity contribution in [2.75, 3.05) is 32.6 Å². The molecule has 0 atom stereocenters. The van der Waals surface area contributed by atoms with E-state index in [0.717, 1.165) is 44.0 Å². The molecule has 1 N–H and O–H groups in total. The Hall–Kier alpha value is -1.69. The van der Waals surface area contributed by atoms with E-state index < -0.39 is 0 Å². The number of ether oxygens (including phenoxy) is 1. The topological polar surface area (TPSA) is 67.4 Å². The van der Waals surface area contributed by atoms with Gasteiger partial charge in [0.25, 0.3) is 0 Å². The summed E-state index contributed by atoms with van der Waals surface area (Å²) in [4.78, 5) is 22.3. The minimum Gasteiger partial charge on any atom is -0.469 e. The largest absolute Gasteiger partial charge is 0.469 e. The number of piperidine rings is 1. The molecular formula is C13H20N4O2. The van der Waals surface area contributed by atoms with Gasteiger partial charge in [-0.25, -0.2) is 4.98 Å². The number of rotatable bonds is 4. The first-order valence-electron chi connectivity index (χ1n) is 6.51. The zero-order valence-electron chi connectivity index (χ0n) is 11.4. The van der Waals surface area contributed by atoms with Crippen LogP contribution in [0.15, 0.2) is 12.4 Å². The highest BCUT2D eigenvalue weighted by Gasteiger charge is 2.25. The highest BCUT2D eigenvalue weighted by Crippen LogP contribution is 2.19. The quantitative estimate of drug-likeness (QED) is 0.815. The van der Waals surface area contributed by atoms with Gasteiger partial charge in [0.2, 0.25) is 0 Å². The third-order valence-corrected chi connectivity index (χ3v) is 3.47. The predicted octanol–water partition coefficient (Wildman–Crippen LogP) is 0.903. The van der Waals surface area contributed by atoms with Crippen LogP contribution in [0.4, 0.5) is 5.82 Å². The molecule has 0 saturated carbocycles. The van der Waals surface area contributed by atoms with Crippen molar-refractivity contribution >= 4 is 11.8 Å². The van der Waals surface area contributed by atoms with E-state index in [4.69, 9.17) is 4.74 Å². The fourth-order valence-corrected chi connectivity index (χ4v) is 2.29. The SMILES string of the molecule is CNc1cnc(CN2CCC(C(=O)OC)CC2)cn1. The van der Waals surface area contributed by atoms with Gasteiger partial charge in [-0.15, -0.1) is 0 Å². The van der Waals surface area contributed by atoms with Crippen molar-refractivity contribution in [3.8, 4) is 0 Å². The van der Waals surface area contributed by atoms with E-state index in [1.54, 1.807) is 12.4 Å². The van der Waals surface area contributed by atoms with Crippen molar-refractivity contribution in [3.05, 3.63) is 18.1 Å². The zero-order chi connectivity index (χ0) is 13.7. The molecule has 1 aliphatic heterocycles. The number of anilines is 1. The second-order valence-corrected chi connectivity index (χ2v) is 4.72. The van der Waals surface area contributed by atoms with Gasteiger partial charge in [0.1, 0.15) is 5.82 Å². The molecule has 2 rings (SSSR count). The van der Waals surface area contributed by atoms with E-state index in [1.807, 2.05) is 7.05 Å². The number of nitrogens with one attached hydrogen (secondary N) is 1. The summed E-state index contributed by atoms with van der Waals surface area (Å²) in [5.41, 5.74) is 0.954. The summed E-state index contributed by atoms with van der Waals surface area (Å²) in [5, 5.41) is 2.94. The number of esters is 1. The molecule has 0 aliphatic carbocycles. The molecule has 0 unspecified atom stereocenters. The Kier molecular flexibility index (Phi) is 4.68. The fourth-order valence-electron chi connectivity index (χ4n) is 2.29. The minimum atomic E-state index is -0.0854. The molecule has 1 aliphatic rings. The number of carbonyl (C=O) groups is 1. The Morgan fingerprint density at radius 1 is 1.42 bits per heavy atom. The monoisotopic (exact) mass is 264 g/mol. The molecule has 1 aromatic rings. The van der Waals surface area contributed by atoms with Gasteiger partial charge in [-0.3, -0.25) is 14.7 Å². The van der Waals surface area contributed by atoms with E-state index in [2.05, 4.69) is 20.2 Å². The maximum Gasteiger partial charge on any atom is 0.308 e. The first-order chi connectivity index (χ1) is 9.22. The van der Waals surface area contributed by atoms with E-state index in [1.165, 1.54) is 7.11 Å². The molecule has 1 saturated heterocycles. The molecule has 6 nitrogen and oxygen atoms in total. The molecule has 0 amide bonds. The summed E-state index contributed by atoms with van der Waals surface area (Å²) < 4.78 is 4.78. The number of carbonyl (C=O) groups excluding carboxylic acids is 1. The lowest BCUT2D eigenvalue weighted by Gasteiger charge is -2.30. The van der Waals surface area contributed by atoms with Gasteiger partial charge in [0.15, 0.2) is 0 Å². The maximum atomic E-state index is 11.4. The minimum absolute atomic E-state index is 0.0546. The summed E-state index contributed by atoms with van der Waals surface area (Å²) in [7, 11) is 3.27. The Balaban J connectivity index is 1.83. The number of hydrogen-bond acceptors (Lipinski definition) is 6. The van der Waals surface area contributed by atoms with Crippen LogP contribution in [-0.2, 0) is 16.1 Å². The number of aromatic nitrogens is 2. The van der Waals surface area contributed by atoms with Crippen LogP contribution in [0.3, 0.4) is 0 Å². The van der Waals surface area contributed by atoms with E-state index in [-0.39, 0.29) is 11.9 Å². The normalized spacial score (nSPS) is 17.2. The highest BCUT2D eigenvalue weighted by atomic mass is 16.5. The van der Waals surface area contributed by atoms with Crippen molar-refractivity contribution in [3.63, 3.8) is 0 Å². The fraction of sp³-hybridized carbons (Fsp3) is 0.615. The third kappa shape index (κ3) is 3.64. The molecule has 1 fully saturated rings. The van der Waals surface area contributed by atoms with E-state index >= 15 is 0 Å². The average Bonchev–Trinajstić information content (AvgIpc) is 2.48. The van der Waals surface area contributed by atoms with Gasteiger partial charge in [-0.2, -0.15) is 0 Å². The second-order valence-electron chi connectivity index (χ2n) is 4.72. The average molecular weight is 264 g/mol. The number of nitrogens with zero attached hydrogens (tertiary/aromatic N) is 3. The number of likely N-dealkylation sites (tertiary alicyclic amines) is 1. The standard InChI is InChI=1S/C13H20N4O2/c1-14-12-8-15-11(7-16-12)9-17-5-3-10(4-6-17)13(18)19-2/h7-8,10H,3-6,9H2,1-2H3,(H,14,16). The summed E-state index contributed by atoms with van der Waals surface area (Å²) >= 11 is 0. The summed E-state index contributed by atoms with van der Waals surface area (Å²) in [6, 6.07) is 0. The van der Waals surface area contributed by atoms with E-state index in [0.29, 0.717) is 0 Å². The molecule has 19 heavy (non-hydrogen) atoms. The first kappa shape index (κ1) is 13.7. The van der Waals surface area contributed by atoms with Gasteiger partial charge in [0.05, 0.1) is 31.1 Å². The molecule has 0 radical (unpaired) electrons. The lowest BCUT2D eigenvalue weighted by Crippen LogP contribution is -2.36. The second kappa shape index (κ2) is 6.47. The van der Waals surface area contributed by atoms with Crippen LogP contribution in [0.1, 0.15) is 18.5 Å². The van der Waals surface area contributed by atoms with Gasteiger partial charge < -0.3 is 10.1 Å². The third-order valence-electron chi connectivity index (χ3n) is 3.47. The van der Waals surface area contributed by atoms with Crippen molar-refractivity contribution < 1.29 is 9.53 Å². The highest BCUT2D eigenvalue weighted by molar-refractivity contribution is 5.72. The Morgan fingerprint density at radius 3 is 2.68 bits per heavy atom. The molecule has 6 heteroatoms. The Bertz CT molecular complexity index is 413. The molecule has 0 spiro atoms. The van der Waals surface area contributed by atoms with Gasteiger partial charge >= 0.3 is 5.97 Å². The molecule has 2 heterocycles. The lowest BCUT2D eigenvalue weighted by atomic mass is 9.97. The van der Waals surface area contributed by atoms with Crippen LogP contribution in [0, 0.1) is 5.92 Å². The van der Waals surface area contributed by atoms with Crippen LogP contribution in [0.25, 0.3) is 0 Å². The smallest absolute Gasteiger partial charge is 0.308 e. The van der Waals surface area contributed by atoms with Gasteiger partial charge in [0, 0.05) is 13.6 Å². The maximum absolute atomic E-state index is 11.4. The van der Waals surface area contributed by atoms with Gasteiger partial charge in [-0.1, -0.05) is 0 Å². The van der Waals surface area contributed by atoms with Crippen LogP contribution in [0.2, 0.25) is 0 Å². The van der Waals surface area contributed by atoms with Crippen LogP contribution in [-0.4, -0.2) is 48.1 Å². The first-order valence-corrected chi connectivity index (χ1v) is 6.51.